The molecular weight excluding hydrogens is 308 g/mol. The Morgan fingerprint density at radius 1 is 1.04 bits per heavy atom. The summed E-state index contributed by atoms with van der Waals surface area (Å²) in [6.45, 7) is 1.40. The molecule has 0 spiro atoms. The van der Waals surface area contributed by atoms with Crippen LogP contribution in [0.3, 0.4) is 0 Å². The first-order valence-corrected chi connectivity index (χ1v) is 7.73. The van der Waals surface area contributed by atoms with Crippen LogP contribution in [0.4, 0.5) is 0 Å². The van der Waals surface area contributed by atoms with Gasteiger partial charge in [-0.25, -0.2) is 5.48 Å². The van der Waals surface area contributed by atoms with E-state index in [9.17, 15) is 9.59 Å². The highest BCUT2D eigenvalue weighted by atomic mass is 16.5. The number of nitrogens with zero attached hydrogens (tertiary/aromatic N) is 1. The van der Waals surface area contributed by atoms with Gasteiger partial charge in [0.1, 0.15) is 12.4 Å². The van der Waals surface area contributed by atoms with Gasteiger partial charge in [0.25, 0.3) is 11.8 Å². The molecule has 0 bridgehead atoms. The lowest BCUT2D eigenvalue weighted by molar-refractivity contribution is 0.0706. The number of amides is 2. The van der Waals surface area contributed by atoms with E-state index in [1.54, 1.807) is 40.7 Å². The molecule has 6 heteroatoms. The molecule has 0 aliphatic carbocycles. The van der Waals surface area contributed by atoms with E-state index in [4.69, 9.17) is 9.94 Å². The molecule has 6 nitrogen and oxygen atoms in total. The van der Waals surface area contributed by atoms with Gasteiger partial charge in [0.05, 0.1) is 6.54 Å². The van der Waals surface area contributed by atoms with Crippen molar-refractivity contribution in [2.24, 2.45) is 0 Å². The second kappa shape index (κ2) is 7.14. The molecule has 1 heterocycles. The highest BCUT2D eigenvalue weighted by Gasteiger charge is 2.19. The Balaban J connectivity index is 1.75. The predicted octanol–water partition coefficient (Wildman–Crippen LogP) is 1.88. The minimum absolute atomic E-state index is 0.0149. The van der Waals surface area contributed by atoms with E-state index >= 15 is 0 Å². The summed E-state index contributed by atoms with van der Waals surface area (Å²) < 4.78 is 5.72. The molecule has 124 valence electrons. The highest BCUT2D eigenvalue weighted by molar-refractivity contribution is 5.94. The van der Waals surface area contributed by atoms with E-state index < -0.39 is 5.91 Å². The number of carbonyl (C=O) groups is 2. The topological polar surface area (TPSA) is 78.9 Å². The van der Waals surface area contributed by atoms with Gasteiger partial charge in [-0.15, -0.1) is 0 Å². The first-order valence-electron chi connectivity index (χ1n) is 7.73. The fourth-order valence-electron chi connectivity index (χ4n) is 2.70. The first kappa shape index (κ1) is 16.0. The second-order valence-electron chi connectivity index (χ2n) is 5.52. The van der Waals surface area contributed by atoms with E-state index in [-0.39, 0.29) is 5.91 Å². The molecule has 0 radical (unpaired) electrons. The van der Waals surface area contributed by atoms with Gasteiger partial charge in [0.2, 0.25) is 0 Å². The summed E-state index contributed by atoms with van der Waals surface area (Å²) in [7, 11) is 0. The average molecular weight is 326 g/mol. The van der Waals surface area contributed by atoms with Gasteiger partial charge in [-0.05, 0) is 36.2 Å². The number of hydroxylamine groups is 1. The van der Waals surface area contributed by atoms with Crippen molar-refractivity contribution >= 4 is 11.8 Å². The summed E-state index contributed by atoms with van der Waals surface area (Å²) in [5, 5.41) is 8.71. The van der Waals surface area contributed by atoms with Crippen LogP contribution in [-0.2, 0) is 6.42 Å². The lowest BCUT2D eigenvalue weighted by Gasteiger charge is -2.26. The van der Waals surface area contributed by atoms with Crippen LogP contribution >= 0.6 is 0 Å². The van der Waals surface area contributed by atoms with Crippen molar-refractivity contribution in [2.45, 2.75) is 6.42 Å². The van der Waals surface area contributed by atoms with Gasteiger partial charge in [-0.1, -0.05) is 24.3 Å². The third kappa shape index (κ3) is 3.38. The SMILES string of the molecule is O=C(NO)c1ccc2c(c1)OCCN(C(=O)c1ccccc1)CC2. The molecule has 1 aliphatic heterocycles. The molecule has 0 saturated heterocycles. The van der Waals surface area contributed by atoms with E-state index in [2.05, 4.69) is 0 Å². The van der Waals surface area contributed by atoms with Crippen molar-refractivity contribution in [2.75, 3.05) is 19.7 Å². The minimum atomic E-state index is -0.579. The molecule has 2 aromatic rings. The highest BCUT2D eigenvalue weighted by Crippen LogP contribution is 2.23. The van der Waals surface area contributed by atoms with E-state index in [0.29, 0.717) is 43.0 Å². The van der Waals surface area contributed by atoms with E-state index in [0.717, 1.165) is 5.56 Å². The molecule has 24 heavy (non-hydrogen) atoms. The second-order valence-corrected chi connectivity index (χ2v) is 5.52. The molecule has 0 fully saturated rings. The van der Waals surface area contributed by atoms with Crippen molar-refractivity contribution in [3.8, 4) is 5.75 Å². The maximum absolute atomic E-state index is 12.5. The molecular formula is C18H18N2O4. The molecule has 0 unspecified atom stereocenters. The summed E-state index contributed by atoms with van der Waals surface area (Å²) in [6, 6.07) is 14.2. The minimum Gasteiger partial charge on any atom is -0.491 e. The molecule has 2 amide bonds. The van der Waals surface area contributed by atoms with Crippen LogP contribution in [0.5, 0.6) is 5.75 Å². The monoisotopic (exact) mass is 326 g/mol. The fourth-order valence-corrected chi connectivity index (χ4v) is 2.70. The number of fused-ring (bicyclic) bond motifs is 1. The number of hydrogen-bond acceptors (Lipinski definition) is 4. The van der Waals surface area contributed by atoms with E-state index in [1.807, 2.05) is 18.2 Å². The summed E-state index contributed by atoms with van der Waals surface area (Å²) in [5.41, 5.74) is 3.52. The third-order valence-electron chi connectivity index (χ3n) is 4.01. The Kier molecular flexibility index (Phi) is 4.77. The molecule has 0 atom stereocenters. The zero-order valence-corrected chi connectivity index (χ0v) is 13.1. The fraction of sp³-hybridized carbons (Fsp3) is 0.222. The first-order chi connectivity index (χ1) is 11.7. The largest absolute Gasteiger partial charge is 0.491 e. The zero-order chi connectivity index (χ0) is 16.9. The van der Waals surface area contributed by atoms with Crippen molar-refractivity contribution in [1.82, 2.24) is 10.4 Å². The summed E-state index contributed by atoms with van der Waals surface area (Å²) >= 11 is 0. The maximum atomic E-state index is 12.5. The van der Waals surface area contributed by atoms with Crippen LogP contribution in [0.15, 0.2) is 48.5 Å². The number of hydrogen-bond donors (Lipinski definition) is 2. The van der Waals surface area contributed by atoms with Crippen LogP contribution in [0, 0.1) is 0 Å². The van der Waals surface area contributed by atoms with Crippen molar-refractivity contribution in [3.05, 3.63) is 65.2 Å². The number of nitrogens with one attached hydrogen (secondary N) is 1. The molecule has 3 rings (SSSR count). The van der Waals surface area contributed by atoms with Crippen LogP contribution in [0.25, 0.3) is 0 Å². The zero-order valence-electron chi connectivity index (χ0n) is 13.1. The number of rotatable bonds is 2. The molecule has 0 saturated carbocycles. The maximum Gasteiger partial charge on any atom is 0.274 e. The quantitative estimate of drug-likeness (QED) is 0.652. The van der Waals surface area contributed by atoms with Gasteiger partial charge in [0.15, 0.2) is 0 Å². The Labute approximate surface area is 139 Å². The average Bonchev–Trinajstić information content (AvgIpc) is 2.62. The standard InChI is InChI=1S/C18H18N2O4/c21-17(19-23)15-7-6-13-8-9-20(10-11-24-16(13)12-15)18(22)14-4-2-1-3-5-14/h1-7,12,23H,8-11H2,(H,19,21). The molecule has 0 aromatic heterocycles. The molecule has 1 aliphatic rings. The molecule has 2 aromatic carbocycles. The van der Waals surface area contributed by atoms with E-state index in [1.165, 1.54) is 0 Å². The van der Waals surface area contributed by atoms with Crippen LogP contribution < -0.4 is 10.2 Å². The predicted molar refractivity (Wildman–Crippen MR) is 87.2 cm³/mol. The van der Waals surface area contributed by atoms with Crippen LogP contribution in [0.1, 0.15) is 26.3 Å². The van der Waals surface area contributed by atoms with Gasteiger partial charge in [-0.2, -0.15) is 0 Å². The lowest BCUT2D eigenvalue weighted by atomic mass is 10.1. The van der Waals surface area contributed by atoms with Crippen molar-refractivity contribution in [1.29, 1.82) is 0 Å². The Hall–Kier alpha value is -2.86. The van der Waals surface area contributed by atoms with Crippen molar-refractivity contribution in [3.63, 3.8) is 0 Å². The Morgan fingerprint density at radius 3 is 2.58 bits per heavy atom. The smallest absolute Gasteiger partial charge is 0.274 e. The summed E-state index contributed by atoms with van der Waals surface area (Å²) in [5.74, 6) is 0.0196. The van der Waals surface area contributed by atoms with Crippen LogP contribution in [-0.4, -0.2) is 41.6 Å². The van der Waals surface area contributed by atoms with Gasteiger partial charge < -0.3 is 9.64 Å². The summed E-state index contributed by atoms with van der Waals surface area (Å²) in [4.78, 5) is 25.8. The van der Waals surface area contributed by atoms with Crippen LogP contribution in [0.2, 0.25) is 0 Å². The Morgan fingerprint density at radius 2 is 1.83 bits per heavy atom. The molecule has 2 N–H and O–H groups in total. The number of benzene rings is 2. The Bertz CT molecular complexity index is 746. The lowest BCUT2D eigenvalue weighted by Crippen LogP contribution is -2.37. The van der Waals surface area contributed by atoms with Gasteiger partial charge >= 0.3 is 0 Å². The van der Waals surface area contributed by atoms with Crippen molar-refractivity contribution < 1.29 is 19.5 Å². The number of carbonyl (C=O) groups excluding carboxylic acids is 2. The van der Waals surface area contributed by atoms with Gasteiger partial charge in [-0.3, -0.25) is 14.8 Å². The third-order valence-corrected chi connectivity index (χ3v) is 4.01. The normalized spacial score (nSPS) is 14.0. The number of ether oxygens (including phenoxy) is 1. The van der Waals surface area contributed by atoms with Gasteiger partial charge in [0, 0.05) is 17.7 Å². The summed E-state index contributed by atoms with van der Waals surface area (Å²) in [6.07, 6.45) is 0.634.